The zero-order valence-corrected chi connectivity index (χ0v) is 9.12. The van der Waals surface area contributed by atoms with Crippen LogP contribution in [0.1, 0.15) is 5.56 Å². The minimum Gasteiger partial charge on any atom is -0.482 e. The Bertz CT molecular complexity index is 466. The van der Waals surface area contributed by atoms with Crippen molar-refractivity contribution in [3.8, 4) is 11.8 Å². The van der Waals surface area contributed by atoms with E-state index in [-0.39, 0.29) is 11.3 Å². The third kappa shape index (κ3) is 4.74. The maximum Gasteiger partial charge on any atom is 0.405 e. The highest BCUT2D eigenvalue weighted by Crippen LogP contribution is 2.16. The maximum atomic E-state index is 11.8. The minimum atomic E-state index is -4.46. The van der Waals surface area contributed by atoms with Crippen LogP contribution >= 0.6 is 0 Å². The molecule has 0 aromatic heterocycles. The molecule has 0 saturated carbocycles. The zero-order chi connectivity index (χ0) is 13.6. The number of carbonyl (C=O) groups excluding carboxylic acids is 1. The summed E-state index contributed by atoms with van der Waals surface area (Å²) in [6.07, 6.45) is -4.46. The number of nitrogens with zero attached hydrogens (tertiary/aromatic N) is 1. The van der Waals surface area contributed by atoms with Gasteiger partial charge in [-0.25, -0.2) is 0 Å². The Labute approximate surface area is 101 Å². The number of halogens is 3. The van der Waals surface area contributed by atoms with E-state index in [1.54, 1.807) is 17.4 Å². The fourth-order valence-electron chi connectivity index (χ4n) is 1.08. The lowest BCUT2D eigenvalue weighted by Gasteiger charge is -2.10. The molecule has 96 valence electrons. The summed E-state index contributed by atoms with van der Waals surface area (Å²) in [5.74, 6) is -0.748. The van der Waals surface area contributed by atoms with Crippen molar-refractivity contribution in [3.63, 3.8) is 0 Å². The Kier molecular flexibility index (Phi) is 4.54. The van der Waals surface area contributed by atoms with E-state index < -0.39 is 25.2 Å². The first-order valence-corrected chi connectivity index (χ1v) is 4.88. The van der Waals surface area contributed by atoms with E-state index in [9.17, 15) is 18.0 Å². The molecular formula is C11H9F3N2O2. The van der Waals surface area contributed by atoms with Crippen LogP contribution in [-0.4, -0.2) is 25.2 Å². The summed E-state index contributed by atoms with van der Waals surface area (Å²) in [6, 6.07) is 7.96. The molecule has 18 heavy (non-hydrogen) atoms. The molecule has 4 nitrogen and oxygen atoms in total. The van der Waals surface area contributed by atoms with Gasteiger partial charge in [-0.05, 0) is 12.1 Å². The molecule has 0 fully saturated rings. The van der Waals surface area contributed by atoms with Crippen LogP contribution in [-0.2, 0) is 4.79 Å². The van der Waals surface area contributed by atoms with E-state index in [1.807, 2.05) is 6.07 Å². The van der Waals surface area contributed by atoms with Crippen LogP contribution in [0.3, 0.4) is 0 Å². The molecule has 0 aliphatic carbocycles. The first-order chi connectivity index (χ1) is 8.42. The summed E-state index contributed by atoms with van der Waals surface area (Å²) in [4.78, 5) is 11.0. The number of benzene rings is 1. The van der Waals surface area contributed by atoms with Crippen LogP contribution in [0.2, 0.25) is 0 Å². The van der Waals surface area contributed by atoms with E-state index >= 15 is 0 Å². The van der Waals surface area contributed by atoms with Crippen LogP contribution < -0.4 is 10.1 Å². The molecule has 0 bridgehead atoms. The van der Waals surface area contributed by atoms with Crippen LogP contribution in [0.5, 0.6) is 5.75 Å². The predicted molar refractivity (Wildman–Crippen MR) is 55.7 cm³/mol. The van der Waals surface area contributed by atoms with Crippen LogP contribution in [0.15, 0.2) is 24.3 Å². The molecule has 0 unspecified atom stereocenters. The number of nitriles is 1. The van der Waals surface area contributed by atoms with Crippen molar-refractivity contribution < 1.29 is 22.7 Å². The van der Waals surface area contributed by atoms with Crippen molar-refractivity contribution in [2.45, 2.75) is 6.18 Å². The molecular weight excluding hydrogens is 249 g/mol. The van der Waals surface area contributed by atoms with Gasteiger partial charge in [0.25, 0.3) is 5.91 Å². The lowest BCUT2D eigenvalue weighted by atomic mass is 10.2. The fourth-order valence-corrected chi connectivity index (χ4v) is 1.08. The van der Waals surface area contributed by atoms with E-state index in [1.165, 1.54) is 12.1 Å². The number of nitrogens with one attached hydrogen (secondary N) is 1. The van der Waals surface area contributed by atoms with Crippen LogP contribution in [0, 0.1) is 11.3 Å². The molecule has 1 amide bonds. The zero-order valence-electron chi connectivity index (χ0n) is 9.12. The number of rotatable bonds is 4. The highest BCUT2D eigenvalue weighted by molar-refractivity contribution is 5.77. The van der Waals surface area contributed by atoms with Gasteiger partial charge in [-0.1, -0.05) is 12.1 Å². The standard InChI is InChI=1S/C11H9F3N2O2/c12-11(13,14)7-16-10(17)6-18-9-4-2-1-3-8(9)5-15/h1-4H,6-7H2,(H,16,17). The summed E-state index contributed by atoms with van der Waals surface area (Å²) < 4.78 is 40.4. The Morgan fingerprint density at radius 2 is 2.06 bits per heavy atom. The smallest absolute Gasteiger partial charge is 0.405 e. The molecule has 0 saturated heterocycles. The Balaban J connectivity index is 2.46. The van der Waals surface area contributed by atoms with Gasteiger partial charge in [-0.15, -0.1) is 0 Å². The van der Waals surface area contributed by atoms with E-state index in [2.05, 4.69) is 0 Å². The van der Waals surface area contributed by atoms with Gasteiger partial charge in [-0.2, -0.15) is 18.4 Å². The highest BCUT2D eigenvalue weighted by Gasteiger charge is 2.27. The lowest BCUT2D eigenvalue weighted by Crippen LogP contribution is -2.36. The predicted octanol–water partition coefficient (Wildman–Crippen LogP) is 1.62. The average Bonchev–Trinajstić information content (AvgIpc) is 2.33. The monoisotopic (exact) mass is 258 g/mol. The van der Waals surface area contributed by atoms with Gasteiger partial charge in [-0.3, -0.25) is 4.79 Å². The van der Waals surface area contributed by atoms with Gasteiger partial charge in [0.05, 0.1) is 5.56 Å². The summed E-state index contributed by atoms with van der Waals surface area (Å²) in [5.41, 5.74) is 0.209. The van der Waals surface area contributed by atoms with E-state index in [0.717, 1.165) is 0 Å². The van der Waals surface area contributed by atoms with Gasteiger partial charge in [0, 0.05) is 0 Å². The van der Waals surface area contributed by atoms with Gasteiger partial charge in [0.2, 0.25) is 0 Å². The number of carbonyl (C=O) groups is 1. The summed E-state index contributed by atoms with van der Waals surface area (Å²) in [6.45, 7) is -1.98. The quantitative estimate of drug-likeness (QED) is 0.892. The summed E-state index contributed by atoms with van der Waals surface area (Å²) >= 11 is 0. The number of para-hydroxylation sites is 1. The minimum absolute atomic E-state index is 0.155. The third-order valence-corrected chi connectivity index (χ3v) is 1.85. The lowest BCUT2D eigenvalue weighted by molar-refractivity contribution is -0.139. The number of hydrogen-bond donors (Lipinski definition) is 1. The van der Waals surface area contributed by atoms with Crippen molar-refractivity contribution in [1.82, 2.24) is 5.32 Å². The first kappa shape index (κ1) is 13.8. The molecule has 1 aromatic rings. The Hall–Kier alpha value is -2.23. The highest BCUT2D eigenvalue weighted by atomic mass is 19.4. The number of hydrogen-bond acceptors (Lipinski definition) is 3. The molecule has 0 atom stereocenters. The SMILES string of the molecule is N#Cc1ccccc1OCC(=O)NCC(F)(F)F. The second kappa shape index (κ2) is 5.91. The molecule has 0 aliphatic rings. The molecule has 0 spiro atoms. The van der Waals surface area contributed by atoms with Crippen molar-refractivity contribution in [2.75, 3.05) is 13.2 Å². The summed E-state index contributed by atoms with van der Waals surface area (Å²) in [5, 5.41) is 10.4. The van der Waals surface area contributed by atoms with Gasteiger partial charge in [0.1, 0.15) is 18.4 Å². The molecule has 1 N–H and O–H groups in total. The second-order valence-corrected chi connectivity index (χ2v) is 3.29. The van der Waals surface area contributed by atoms with Crippen molar-refractivity contribution in [1.29, 1.82) is 5.26 Å². The summed E-state index contributed by atoms with van der Waals surface area (Å²) in [7, 11) is 0. The first-order valence-electron chi connectivity index (χ1n) is 4.88. The topological polar surface area (TPSA) is 62.1 Å². The Morgan fingerprint density at radius 3 is 2.67 bits per heavy atom. The van der Waals surface area contributed by atoms with Gasteiger partial charge < -0.3 is 10.1 Å². The normalized spacial score (nSPS) is 10.6. The average molecular weight is 258 g/mol. The van der Waals surface area contributed by atoms with Crippen LogP contribution in [0.25, 0.3) is 0 Å². The van der Waals surface area contributed by atoms with Gasteiger partial charge in [0.15, 0.2) is 6.61 Å². The Morgan fingerprint density at radius 1 is 1.39 bits per heavy atom. The molecule has 1 aromatic carbocycles. The van der Waals surface area contributed by atoms with Crippen molar-refractivity contribution in [3.05, 3.63) is 29.8 Å². The van der Waals surface area contributed by atoms with Crippen molar-refractivity contribution >= 4 is 5.91 Å². The molecule has 0 aliphatic heterocycles. The van der Waals surface area contributed by atoms with Crippen LogP contribution in [0.4, 0.5) is 13.2 Å². The fraction of sp³-hybridized carbons (Fsp3) is 0.273. The number of amides is 1. The van der Waals surface area contributed by atoms with E-state index in [4.69, 9.17) is 10.00 Å². The second-order valence-electron chi connectivity index (χ2n) is 3.29. The number of alkyl halides is 3. The largest absolute Gasteiger partial charge is 0.482 e. The maximum absolute atomic E-state index is 11.8. The molecule has 0 radical (unpaired) electrons. The number of ether oxygens (including phenoxy) is 1. The van der Waals surface area contributed by atoms with E-state index in [0.29, 0.717) is 0 Å². The van der Waals surface area contributed by atoms with Gasteiger partial charge >= 0.3 is 6.18 Å². The van der Waals surface area contributed by atoms with Crippen molar-refractivity contribution in [2.24, 2.45) is 0 Å². The molecule has 1 rings (SSSR count). The molecule has 0 heterocycles. The third-order valence-electron chi connectivity index (χ3n) is 1.85. The molecule has 7 heteroatoms.